The molecule has 18 heavy (non-hydrogen) atoms. The molecule has 1 atom stereocenters. The molecular weight excluding hydrogens is 258 g/mol. The topological polar surface area (TPSA) is 101 Å². The molecule has 0 saturated carbocycles. The van der Waals surface area contributed by atoms with E-state index in [1.165, 1.54) is 6.92 Å². The lowest BCUT2D eigenvalue weighted by atomic mass is 10.3. The van der Waals surface area contributed by atoms with Crippen LogP contribution in [-0.2, 0) is 26.0 Å². The molecule has 0 radical (unpaired) electrons. The maximum absolute atomic E-state index is 11.7. The number of nitrogens with zero attached hydrogens (tertiary/aromatic N) is 1. The molecule has 7 nitrogen and oxygen atoms in total. The number of rotatable bonds is 7. The lowest BCUT2D eigenvalue weighted by molar-refractivity contribution is -0.139. The van der Waals surface area contributed by atoms with E-state index in [2.05, 4.69) is 19.4 Å². The van der Waals surface area contributed by atoms with Crippen LogP contribution in [0.5, 0.6) is 0 Å². The van der Waals surface area contributed by atoms with Gasteiger partial charge in [0.25, 0.3) is 0 Å². The summed E-state index contributed by atoms with van der Waals surface area (Å²) in [5.74, 6) is 0.0312. The number of carbonyl (C=O) groups excluding carboxylic acids is 1. The molecule has 0 amide bonds. The number of esters is 1. The largest absolute Gasteiger partial charge is 0.468 e. The first-order chi connectivity index (χ1) is 8.47. The summed E-state index contributed by atoms with van der Waals surface area (Å²) in [6, 6.07) is 0. The number of hydrogen-bond donors (Lipinski definition) is 2. The molecule has 0 aliphatic carbocycles. The Labute approximate surface area is 106 Å². The van der Waals surface area contributed by atoms with Crippen LogP contribution in [0.15, 0.2) is 12.4 Å². The minimum atomic E-state index is -3.67. The fourth-order valence-electron chi connectivity index (χ4n) is 1.32. The van der Waals surface area contributed by atoms with Gasteiger partial charge in [-0.15, -0.1) is 0 Å². The molecule has 1 unspecified atom stereocenters. The molecule has 2 N–H and O–H groups in total. The lowest BCUT2D eigenvalue weighted by Crippen LogP contribution is -2.38. The highest BCUT2D eigenvalue weighted by Crippen LogP contribution is 2.01. The van der Waals surface area contributed by atoms with Gasteiger partial charge in [-0.3, -0.25) is 4.79 Å². The number of imidazole rings is 1. The molecule has 0 saturated heterocycles. The van der Waals surface area contributed by atoms with Gasteiger partial charge >= 0.3 is 5.97 Å². The standard InChI is InChI=1S/C10H17N3O4S/c1-8(10(14)17-2)18(15,16)13-5-3-4-9-11-6-7-12-9/h6-8,13H,3-5H2,1-2H3,(H,11,12). The van der Waals surface area contributed by atoms with Crippen LogP contribution in [0.4, 0.5) is 0 Å². The molecule has 1 rings (SSSR count). The van der Waals surface area contributed by atoms with Crippen LogP contribution < -0.4 is 4.72 Å². The number of aromatic amines is 1. The van der Waals surface area contributed by atoms with Crippen LogP contribution >= 0.6 is 0 Å². The summed E-state index contributed by atoms with van der Waals surface area (Å²) in [4.78, 5) is 18.1. The van der Waals surface area contributed by atoms with Gasteiger partial charge < -0.3 is 9.72 Å². The highest BCUT2D eigenvalue weighted by Gasteiger charge is 2.28. The fraction of sp³-hybridized carbons (Fsp3) is 0.600. The quantitative estimate of drug-likeness (QED) is 0.531. The predicted molar refractivity (Wildman–Crippen MR) is 65.3 cm³/mol. The van der Waals surface area contributed by atoms with Gasteiger partial charge in [-0.25, -0.2) is 18.1 Å². The van der Waals surface area contributed by atoms with Gasteiger partial charge in [-0.05, 0) is 13.3 Å². The fourth-order valence-corrected chi connectivity index (χ4v) is 2.35. The van der Waals surface area contributed by atoms with Gasteiger partial charge in [0.1, 0.15) is 5.82 Å². The number of nitrogens with one attached hydrogen (secondary N) is 2. The Kier molecular flexibility index (Phi) is 5.29. The maximum Gasteiger partial charge on any atom is 0.325 e. The number of aryl methyl sites for hydroxylation is 1. The summed E-state index contributed by atoms with van der Waals surface area (Å²) in [5.41, 5.74) is 0. The molecule has 1 heterocycles. The molecule has 8 heteroatoms. The van der Waals surface area contributed by atoms with Crippen LogP contribution in [0.3, 0.4) is 0 Å². The van der Waals surface area contributed by atoms with E-state index < -0.39 is 21.2 Å². The van der Waals surface area contributed by atoms with Gasteiger partial charge in [0, 0.05) is 25.4 Å². The molecule has 0 aliphatic heterocycles. The van der Waals surface area contributed by atoms with Crippen LogP contribution in [0, 0.1) is 0 Å². The summed E-state index contributed by atoms with van der Waals surface area (Å²) in [6.45, 7) is 1.55. The number of methoxy groups -OCH3 is 1. The summed E-state index contributed by atoms with van der Waals surface area (Å²) in [6.07, 6.45) is 4.58. The highest BCUT2D eigenvalue weighted by molar-refractivity contribution is 7.90. The zero-order valence-corrected chi connectivity index (χ0v) is 11.2. The van der Waals surface area contributed by atoms with E-state index in [1.807, 2.05) is 0 Å². The van der Waals surface area contributed by atoms with Gasteiger partial charge in [0.2, 0.25) is 10.0 Å². The van der Waals surface area contributed by atoms with Crippen molar-refractivity contribution in [2.24, 2.45) is 0 Å². The van der Waals surface area contributed by atoms with Crippen molar-refractivity contribution in [2.75, 3.05) is 13.7 Å². The second kappa shape index (κ2) is 6.50. The van der Waals surface area contributed by atoms with E-state index in [0.717, 1.165) is 12.9 Å². The minimum absolute atomic E-state index is 0.254. The van der Waals surface area contributed by atoms with Gasteiger partial charge in [0.05, 0.1) is 7.11 Å². The zero-order valence-electron chi connectivity index (χ0n) is 10.3. The minimum Gasteiger partial charge on any atom is -0.468 e. The molecule has 0 aliphatic rings. The van der Waals surface area contributed by atoms with Crippen LogP contribution in [0.25, 0.3) is 0 Å². The molecule has 0 bridgehead atoms. The van der Waals surface area contributed by atoms with Crippen LogP contribution in [0.1, 0.15) is 19.2 Å². The third-order valence-electron chi connectivity index (χ3n) is 2.45. The monoisotopic (exact) mass is 275 g/mol. The summed E-state index contributed by atoms with van der Waals surface area (Å²) >= 11 is 0. The average molecular weight is 275 g/mol. The van der Waals surface area contributed by atoms with E-state index in [9.17, 15) is 13.2 Å². The number of sulfonamides is 1. The smallest absolute Gasteiger partial charge is 0.325 e. The van der Waals surface area contributed by atoms with Gasteiger partial charge in [-0.2, -0.15) is 0 Å². The third kappa shape index (κ3) is 4.11. The Bertz CT molecular complexity index is 469. The Morgan fingerprint density at radius 2 is 2.33 bits per heavy atom. The number of carbonyl (C=O) groups is 1. The average Bonchev–Trinajstić information content (AvgIpc) is 2.85. The zero-order chi connectivity index (χ0) is 13.6. The molecule has 1 aromatic heterocycles. The Morgan fingerprint density at radius 1 is 1.61 bits per heavy atom. The maximum atomic E-state index is 11.7. The van der Waals surface area contributed by atoms with Crippen molar-refractivity contribution in [2.45, 2.75) is 25.0 Å². The number of H-pyrrole nitrogens is 1. The summed E-state index contributed by atoms with van der Waals surface area (Å²) in [7, 11) is -2.51. The van der Waals surface area contributed by atoms with Crippen LogP contribution in [-0.4, -0.2) is 43.3 Å². The van der Waals surface area contributed by atoms with Crippen molar-refractivity contribution in [1.82, 2.24) is 14.7 Å². The summed E-state index contributed by atoms with van der Waals surface area (Å²) in [5, 5.41) is -1.20. The van der Waals surface area contributed by atoms with E-state index in [1.54, 1.807) is 12.4 Å². The Morgan fingerprint density at radius 3 is 2.89 bits per heavy atom. The van der Waals surface area contributed by atoms with E-state index in [4.69, 9.17) is 0 Å². The van der Waals surface area contributed by atoms with Crippen LogP contribution in [0.2, 0.25) is 0 Å². The molecule has 0 fully saturated rings. The van der Waals surface area contributed by atoms with Crippen molar-refractivity contribution in [1.29, 1.82) is 0 Å². The highest BCUT2D eigenvalue weighted by atomic mass is 32.2. The molecule has 1 aromatic rings. The SMILES string of the molecule is COC(=O)C(C)S(=O)(=O)NCCCc1ncc[nH]1. The van der Waals surface area contributed by atoms with E-state index in [0.29, 0.717) is 12.8 Å². The van der Waals surface area contributed by atoms with Crippen molar-refractivity contribution in [3.8, 4) is 0 Å². The van der Waals surface area contributed by atoms with Crippen molar-refractivity contribution < 1.29 is 17.9 Å². The number of ether oxygens (including phenoxy) is 1. The summed E-state index contributed by atoms with van der Waals surface area (Å²) < 4.78 is 30.1. The van der Waals surface area contributed by atoms with Gasteiger partial charge in [-0.1, -0.05) is 0 Å². The first kappa shape index (κ1) is 14.7. The second-order valence-corrected chi connectivity index (χ2v) is 5.83. The van der Waals surface area contributed by atoms with E-state index in [-0.39, 0.29) is 6.54 Å². The third-order valence-corrected chi connectivity index (χ3v) is 4.18. The lowest BCUT2D eigenvalue weighted by Gasteiger charge is -2.11. The molecular formula is C10H17N3O4S. The van der Waals surface area contributed by atoms with Gasteiger partial charge in [0.15, 0.2) is 5.25 Å². The normalized spacial score (nSPS) is 13.2. The Balaban J connectivity index is 2.35. The first-order valence-electron chi connectivity index (χ1n) is 5.52. The molecule has 0 spiro atoms. The van der Waals surface area contributed by atoms with Crippen molar-refractivity contribution in [3.05, 3.63) is 18.2 Å². The first-order valence-corrected chi connectivity index (χ1v) is 7.06. The van der Waals surface area contributed by atoms with Crippen molar-refractivity contribution in [3.63, 3.8) is 0 Å². The number of hydrogen-bond acceptors (Lipinski definition) is 5. The molecule has 102 valence electrons. The van der Waals surface area contributed by atoms with Crippen molar-refractivity contribution >= 4 is 16.0 Å². The second-order valence-electron chi connectivity index (χ2n) is 3.74. The van der Waals surface area contributed by atoms with E-state index >= 15 is 0 Å². The predicted octanol–water partition coefficient (Wildman–Crippen LogP) is -0.177. The Hall–Kier alpha value is -1.41. The molecule has 0 aromatic carbocycles. The number of aromatic nitrogens is 2.